The second-order valence-electron chi connectivity index (χ2n) is 5.38. The number of aromatic nitrogens is 1. The van der Waals surface area contributed by atoms with Crippen molar-refractivity contribution in [3.63, 3.8) is 0 Å². The molecule has 2 aromatic rings. The molecule has 2 rings (SSSR count). The van der Waals surface area contributed by atoms with Crippen molar-refractivity contribution >= 4 is 16.7 Å². The molecule has 0 aliphatic rings. The first kappa shape index (κ1) is 18.1. The van der Waals surface area contributed by atoms with Gasteiger partial charge in [-0.15, -0.1) is 0 Å². The first-order valence-electron chi connectivity index (χ1n) is 6.65. The average Bonchev–Trinajstić information content (AvgIpc) is 2.67. The van der Waals surface area contributed by atoms with Gasteiger partial charge in [0.25, 0.3) is 0 Å². The van der Waals surface area contributed by atoms with Crippen LogP contribution in [0.15, 0.2) is 6.08 Å². The second kappa shape index (κ2) is 6.45. The number of hydrogen-bond acceptors (Lipinski definition) is 2. The van der Waals surface area contributed by atoms with Gasteiger partial charge in [-0.05, 0) is 67.8 Å². The van der Waals surface area contributed by atoms with Crippen LogP contribution in [0.5, 0.6) is 0 Å². The zero-order valence-corrected chi connectivity index (χ0v) is 16.3. The van der Waals surface area contributed by atoms with E-state index >= 15 is 0 Å². The van der Waals surface area contributed by atoms with Crippen molar-refractivity contribution in [1.82, 2.24) is 4.57 Å². The van der Waals surface area contributed by atoms with E-state index in [0.29, 0.717) is 5.56 Å². The number of benzene rings is 1. The Morgan fingerprint density at radius 1 is 1.05 bits per heavy atom. The van der Waals surface area contributed by atoms with E-state index in [0.717, 1.165) is 28.2 Å². The SMILES string of the molecule is Cc1c(C)c(C)c2c(c1C)c(C(=O)C=[C-]O)c(C)n2C.[Y]. The molecule has 0 bridgehead atoms. The molecule has 0 unspecified atom stereocenters. The van der Waals surface area contributed by atoms with Crippen LogP contribution in [0.2, 0.25) is 0 Å². The van der Waals surface area contributed by atoms with Gasteiger partial charge in [-0.2, -0.15) is 6.08 Å². The molecule has 0 atom stereocenters. The number of hydrogen-bond donors (Lipinski definition) is 1. The van der Waals surface area contributed by atoms with E-state index in [1.807, 2.05) is 27.2 Å². The van der Waals surface area contributed by atoms with Gasteiger partial charge in [0, 0.05) is 51.2 Å². The average molecular weight is 359 g/mol. The van der Waals surface area contributed by atoms with Crippen LogP contribution < -0.4 is 0 Å². The molecule has 0 fully saturated rings. The number of nitrogens with zero attached hydrogens (tertiary/aromatic N) is 1. The van der Waals surface area contributed by atoms with Gasteiger partial charge >= 0.3 is 0 Å². The minimum Gasteiger partial charge on any atom is -0.607 e. The Bertz CT molecular complexity index is 754. The van der Waals surface area contributed by atoms with Gasteiger partial charge < -0.3 is 14.5 Å². The van der Waals surface area contributed by atoms with Crippen molar-refractivity contribution in [3.05, 3.63) is 45.8 Å². The second-order valence-corrected chi connectivity index (χ2v) is 5.38. The summed E-state index contributed by atoms with van der Waals surface area (Å²) < 4.78 is 2.06. The predicted octanol–water partition coefficient (Wildman–Crippen LogP) is 3.78. The number of aliphatic hydroxyl groups excluding tert-OH is 1. The van der Waals surface area contributed by atoms with Crippen LogP contribution >= 0.6 is 0 Å². The summed E-state index contributed by atoms with van der Waals surface area (Å²) in [6, 6.07) is 0. The molecule has 0 aliphatic carbocycles. The minimum absolute atomic E-state index is 0. The largest absolute Gasteiger partial charge is 0.607 e. The van der Waals surface area contributed by atoms with Gasteiger partial charge in [-0.25, -0.2) is 0 Å². The monoisotopic (exact) mass is 359 g/mol. The van der Waals surface area contributed by atoms with Crippen molar-refractivity contribution in [2.45, 2.75) is 34.6 Å². The molecule has 0 saturated heterocycles. The van der Waals surface area contributed by atoms with Crippen LogP contribution in [0.4, 0.5) is 0 Å². The summed E-state index contributed by atoms with van der Waals surface area (Å²) in [5.74, 6) is -0.207. The molecule has 21 heavy (non-hydrogen) atoms. The normalized spacial score (nSPS) is 11.1. The molecular weight excluding hydrogens is 339 g/mol. The summed E-state index contributed by atoms with van der Waals surface area (Å²) >= 11 is 0. The number of carbonyl (C=O) groups is 1. The minimum atomic E-state index is -0.207. The number of aryl methyl sites for hydroxylation is 3. The van der Waals surface area contributed by atoms with E-state index in [9.17, 15) is 4.79 Å². The Morgan fingerprint density at radius 2 is 1.57 bits per heavy atom. The van der Waals surface area contributed by atoms with Gasteiger partial charge in [0.15, 0.2) is 0 Å². The third kappa shape index (κ3) is 2.62. The molecule has 0 spiro atoms. The van der Waals surface area contributed by atoms with Crippen LogP contribution in [0, 0.1) is 40.9 Å². The van der Waals surface area contributed by atoms with E-state index in [4.69, 9.17) is 5.11 Å². The molecule has 1 N–H and O–H groups in total. The number of carbonyl (C=O) groups excluding carboxylic acids is 1. The van der Waals surface area contributed by atoms with Crippen molar-refractivity contribution in [2.75, 3.05) is 0 Å². The van der Waals surface area contributed by atoms with E-state index in [-0.39, 0.29) is 38.5 Å². The first-order chi connectivity index (χ1) is 9.32. The van der Waals surface area contributed by atoms with Crippen molar-refractivity contribution in [1.29, 1.82) is 0 Å². The van der Waals surface area contributed by atoms with E-state index < -0.39 is 0 Å². The topological polar surface area (TPSA) is 42.2 Å². The number of ketones is 1. The third-order valence-electron chi connectivity index (χ3n) is 4.55. The molecule has 1 aromatic carbocycles. The van der Waals surface area contributed by atoms with Gasteiger partial charge in [-0.1, -0.05) is 6.26 Å². The Labute approximate surface area is 150 Å². The fraction of sp³-hybridized carbons (Fsp3) is 0.353. The molecule has 3 nitrogen and oxygen atoms in total. The van der Waals surface area contributed by atoms with E-state index in [1.165, 1.54) is 16.7 Å². The summed E-state index contributed by atoms with van der Waals surface area (Å²) in [5, 5.41) is 9.75. The Balaban J connectivity index is 0.00000220. The van der Waals surface area contributed by atoms with Gasteiger partial charge in [0.1, 0.15) is 0 Å². The van der Waals surface area contributed by atoms with Gasteiger partial charge in [0.2, 0.25) is 0 Å². The molecule has 0 saturated carbocycles. The molecule has 0 amide bonds. The zero-order chi connectivity index (χ0) is 15.2. The first-order valence-corrected chi connectivity index (χ1v) is 6.65. The van der Waals surface area contributed by atoms with E-state index in [2.05, 4.69) is 25.3 Å². The summed E-state index contributed by atoms with van der Waals surface area (Å²) in [7, 11) is 1.97. The molecule has 1 aromatic heterocycles. The Hall–Kier alpha value is -0.926. The molecule has 1 heterocycles. The third-order valence-corrected chi connectivity index (χ3v) is 4.55. The summed E-state index contributed by atoms with van der Waals surface area (Å²) in [5.41, 5.74) is 7.47. The summed E-state index contributed by atoms with van der Waals surface area (Å²) in [6.45, 7) is 10.3. The van der Waals surface area contributed by atoms with Crippen LogP contribution in [0.25, 0.3) is 10.9 Å². The predicted molar refractivity (Wildman–Crippen MR) is 81.4 cm³/mol. The number of rotatable bonds is 2. The van der Waals surface area contributed by atoms with E-state index in [1.54, 1.807) is 0 Å². The summed E-state index contributed by atoms with van der Waals surface area (Å²) in [4.78, 5) is 12.3. The molecule has 4 heteroatoms. The Morgan fingerprint density at radius 3 is 2.10 bits per heavy atom. The smallest absolute Gasteiger partial charge is 0.0506 e. The van der Waals surface area contributed by atoms with Crippen molar-refractivity contribution < 1.29 is 42.6 Å². The van der Waals surface area contributed by atoms with Crippen LogP contribution in [0.3, 0.4) is 0 Å². The van der Waals surface area contributed by atoms with Crippen LogP contribution in [0.1, 0.15) is 38.3 Å². The van der Waals surface area contributed by atoms with Crippen molar-refractivity contribution in [2.24, 2.45) is 7.05 Å². The maximum Gasteiger partial charge on any atom is 0.0506 e. The summed E-state index contributed by atoms with van der Waals surface area (Å²) in [6.07, 6.45) is 2.93. The fourth-order valence-electron chi connectivity index (χ4n) is 2.97. The zero-order valence-electron chi connectivity index (χ0n) is 13.5. The Kier molecular flexibility index (Phi) is 5.57. The standard InChI is InChI=1S/C17H20NO2.Y/c1-9-10(2)12(4)17-15(11(9)3)16(13(5)18(17)6)14(20)7-8-19;/h7,19H,1-6H3;/q-1;. The molecule has 1 radical (unpaired) electrons. The van der Waals surface area contributed by atoms with Gasteiger partial charge in [-0.3, -0.25) is 0 Å². The molecule has 109 valence electrons. The van der Waals surface area contributed by atoms with Crippen LogP contribution in [-0.4, -0.2) is 15.5 Å². The number of fused-ring (bicyclic) bond motifs is 1. The number of allylic oxidation sites excluding steroid dienone is 1. The molecule has 0 aliphatic heterocycles. The maximum absolute atomic E-state index is 12.3. The maximum atomic E-state index is 12.3. The molecular formula is C17H20NO2Y-. The van der Waals surface area contributed by atoms with Crippen LogP contribution in [-0.2, 0) is 39.8 Å². The van der Waals surface area contributed by atoms with Crippen molar-refractivity contribution in [3.8, 4) is 0 Å². The quantitative estimate of drug-likeness (QED) is 0.384. The van der Waals surface area contributed by atoms with Gasteiger partial charge in [0.05, 0.1) is 5.52 Å². The fourth-order valence-corrected chi connectivity index (χ4v) is 2.97. The number of aliphatic hydroxyl groups is 1.